The number of aromatic nitrogens is 3. The Labute approximate surface area is 127 Å². The van der Waals surface area contributed by atoms with Gasteiger partial charge in [0, 0.05) is 24.9 Å². The van der Waals surface area contributed by atoms with E-state index in [1.165, 1.54) is 5.56 Å². The van der Waals surface area contributed by atoms with Gasteiger partial charge >= 0.3 is 0 Å². The molecule has 4 heteroatoms. The van der Waals surface area contributed by atoms with Crippen LogP contribution in [-0.2, 0) is 19.4 Å². The van der Waals surface area contributed by atoms with Crippen molar-refractivity contribution in [3.05, 3.63) is 41.5 Å². The highest BCUT2D eigenvalue weighted by molar-refractivity contribution is 5.41. The quantitative estimate of drug-likeness (QED) is 0.917. The summed E-state index contributed by atoms with van der Waals surface area (Å²) in [6.45, 7) is 11.6. The summed E-state index contributed by atoms with van der Waals surface area (Å²) in [4.78, 5) is 4.60. The summed E-state index contributed by atoms with van der Waals surface area (Å²) in [6.07, 6.45) is 1.75. The van der Waals surface area contributed by atoms with E-state index in [2.05, 4.69) is 74.3 Å². The van der Waals surface area contributed by atoms with Gasteiger partial charge in [0.05, 0.1) is 5.69 Å². The van der Waals surface area contributed by atoms with E-state index < -0.39 is 0 Å². The van der Waals surface area contributed by atoms with E-state index in [-0.39, 0.29) is 5.54 Å². The number of nitrogens with one attached hydrogen (secondary N) is 1. The minimum absolute atomic E-state index is 0.0949. The van der Waals surface area contributed by atoms with Gasteiger partial charge in [-0.05, 0) is 32.4 Å². The van der Waals surface area contributed by atoms with Gasteiger partial charge in [-0.15, -0.1) is 0 Å². The van der Waals surface area contributed by atoms with Gasteiger partial charge in [0.2, 0.25) is 0 Å². The van der Waals surface area contributed by atoms with E-state index in [1.54, 1.807) is 0 Å². The highest BCUT2D eigenvalue weighted by atomic mass is 15.4. The Balaban J connectivity index is 2.37. The van der Waals surface area contributed by atoms with Gasteiger partial charge in [0.25, 0.3) is 0 Å². The molecule has 2 rings (SSSR count). The van der Waals surface area contributed by atoms with Crippen LogP contribution in [0.1, 0.15) is 51.8 Å². The molecule has 114 valence electrons. The number of para-hydroxylation sites is 1. The van der Waals surface area contributed by atoms with Crippen LogP contribution >= 0.6 is 0 Å². The minimum Gasteiger partial charge on any atom is -0.308 e. The fourth-order valence-electron chi connectivity index (χ4n) is 2.19. The lowest BCUT2D eigenvalue weighted by atomic mass is 10.1. The summed E-state index contributed by atoms with van der Waals surface area (Å²) in [5.41, 5.74) is 2.46. The van der Waals surface area contributed by atoms with E-state index in [4.69, 9.17) is 0 Å². The summed E-state index contributed by atoms with van der Waals surface area (Å²) in [5.74, 6) is 1.93. The van der Waals surface area contributed by atoms with Gasteiger partial charge in [-0.25, -0.2) is 9.67 Å². The molecule has 0 aliphatic rings. The Morgan fingerprint density at radius 2 is 1.81 bits per heavy atom. The molecule has 0 saturated heterocycles. The van der Waals surface area contributed by atoms with E-state index in [9.17, 15) is 0 Å². The number of nitrogens with zero attached hydrogens (tertiary/aromatic N) is 3. The maximum absolute atomic E-state index is 4.65. The second-order valence-corrected chi connectivity index (χ2v) is 6.30. The van der Waals surface area contributed by atoms with Crippen LogP contribution in [0.5, 0.6) is 0 Å². The highest BCUT2D eigenvalue weighted by Gasteiger charge is 2.14. The predicted molar refractivity (Wildman–Crippen MR) is 86.7 cm³/mol. The summed E-state index contributed by atoms with van der Waals surface area (Å²) >= 11 is 0. The molecular weight excluding hydrogens is 260 g/mol. The average Bonchev–Trinajstić information content (AvgIpc) is 2.88. The Kier molecular flexibility index (Phi) is 4.78. The van der Waals surface area contributed by atoms with E-state index in [1.807, 2.05) is 4.68 Å². The van der Waals surface area contributed by atoms with Crippen LogP contribution in [0.4, 0.5) is 0 Å². The van der Waals surface area contributed by atoms with E-state index >= 15 is 0 Å². The van der Waals surface area contributed by atoms with Gasteiger partial charge in [-0.1, -0.05) is 32.0 Å². The Morgan fingerprint density at radius 1 is 1.10 bits per heavy atom. The topological polar surface area (TPSA) is 42.7 Å². The molecule has 1 aromatic carbocycles. The number of benzene rings is 1. The first kappa shape index (κ1) is 15.7. The smallest absolute Gasteiger partial charge is 0.151 e. The lowest BCUT2D eigenvalue weighted by Gasteiger charge is -2.21. The summed E-state index contributed by atoms with van der Waals surface area (Å²) in [6, 6.07) is 8.41. The fourth-order valence-corrected chi connectivity index (χ4v) is 2.19. The first-order valence-corrected chi connectivity index (χ1v) is 7.72. The summed E-state index contributed by atoms with van der Waals surface area (Å²) in [5, 5.41) is 8.20. The third-order valence-electron chi connectivity index (χ3n) is 3.38. The maximum Gasteiger partial charge on any atom is 0.151 e. The molecule has 21 heavy (non-hydrogen) atoms. The van der Waals surface area contributed by atoms with Crippen molar-refractivity contribution < 1.29 is 0 Å². The number of hydrogen-bond acceptors (Lipinski definition) is 3. The van der Waals surface area contributed by atoms with Crippen LogP contribution in [0.15, 0.2) is 24.3 Å². The lowest BCUT2D eigenvalue weighted by molar-refractivity contribution is 0.423. The molecule has 1 N–H and O–H groups in total. The SMILES string of the molecule is CCc1nc(CC)n(-c2ccccc2CNC(C)(C)C)n1. The van der Waals surface area contributed by atoms with Crippen LogP contribution in [-0.4, -0.2) is 20.3 Å². The third kappa shape index (κ3) is 3.91. The van der Waals surface area contributed by atoms with Crippen molar-refractivity contribution in [2.45, 2.75) is 59.5 Å². The van der Waals surface area contributed by atoms with Crippen molar-refractivity contribution in [2.75, 3.05) is 0 Å². The molecular formula is C17H26N4. The molecule has 2 aromatic rings. The molecule has 0 saturated carbocycles. The van der Waals surface area contributed by atoms with Crippen molar-refractivity contribution in [1.82, 2.24) is 20.1 Å². The monoisotopic (exact) mass is 286 g/mol. The summed E-state index contributed by atoms with van der Waals surface area (Å²) in [7, 11) is 0. The van der Waals surface area contributed by atoms with Crippen LogP contribution < -0.4 is 5.32 Å². The number of aryl methyl sites for hydroxylation is 2. The van der Waals surface area contributed by atoms with Crippen molar-refractivity contribution in [3.63, 3.8) is 0 Å². The molecule has 0 bridgehead atoms. The van der Waals surface area contributed by atoms with Crippen LogP contribution in [0, 0.1) is 0 Å². The molecule has 0 aliphatic heterocycles. The van der Waals surface area contributed by atoms with Crippen molar-refractivity contribution in [1.29, 1.82) is 0 Å². The van der Waals surface area contributed by atoms with Crippen molar-refractivity contribution in [3.8, 4) is 5.69 Å². The number of rotatable bonds is 5. The first-order valence-electron chi connectivity index (χ1n) is 7.72. The molecule has 0 unspecified atom stereocenters. The summed E-state index contributed by atoms with van der Waals surface area (Å²) < 4.78 is 2.00. The second kappa shape index (κ2) is 6.39. The van der Waals surface area contributed by atoms with Crippen LogP contribution in [0.25, 0.3) is 5.69 Å². The third-order valence-corrected chi connectivity index (χ3v) is 3.38. The predicted octanol–water partition coefficient (Wildman–Crippen LogP) is 3.28. The lowest BCUT2D eigenvalue weighted by Crippen LogP contribution is -2.35. The largest absolute Gasteiger partial charge is 0.308 e. The Morgan fingerprint density at radius 3 is 2.43 bits per heavy atom. The molecule has 0 fully saturated rings. The molecule has 0 amide bonds. The van der Waals surface area contributed by atoms with Crippen LogP contribution in [0.2, 0.25) is 0 Å². The van der Waals surface area contributed by atoms with E-state index in [0.717, 1.165) is 36.7 Å². The normalized spacial score (nSPS) is 11.9. The molecule has 0 atom stereocenters. The van der Waals surface area contributed by atoms with Gasteiger partial charge in [0.15, 0.2) is 5.82 Å². The standard InChI is InChI=1S/C17H26N4/c1-6-15-19-16(7-2)21(20-15)14-11-9-8-10-13(14)12-18-17(3,4)5/h8-11,18H,6-7,12H2,1-5H3. The zero-order valence-corrected chi connectivity index (χ0v) is 13.8. The maximum atomic E-state index is 4.65. The van der Waals surface area contributed by atoms with Crippen molar-refractivity contribution in [2.24, 2.45) is 0 Å². The first-order chi connectivity index (χ1) is 9.94. The Hall–Kier alpha value is -1.68. The van der Waals surface area contributed by atoms with Gasteiger partial charge in [-0.2, -0.15) is 5.10 Å². The molecule has 0 radical (unpaired) electrons. The second-order valence-electron chi connectivity index (χ2n) is 6.30. The highest BCUT2D eigenvalue weighted by Crippen LogP contribution is 2.17. The zero-order valence-electron chi connectivity index (χ0n) is 13.8. The fraction of sp³-hybridized carbons (Fsp3) is 0.529. The van der Waals surface area contributed by atoms with Gasteiger partial charge in [0.1, 0.15) is 5.82 Å². The molecule has 0 aliphatic carbocycles. The molecule has 4 nitrogen and oxygen atoms in total. The molecule has 0 spiro atoms. The Bertz CT molecular complexity index is 593. The van der Waals surface area contributed by atoms with Gasteiger partial charge < -0.3 is 5.32 Å². The molecule has 1 aromatic heterocycles. The van der Waals surface area contributed by atoms with Crippen molar-refractivity contribution >= 4 is 0 Å². The van der Waals surface area contributed by atoms with E-state index in [0.29, 0.717) is 0 Å². The molecule has 1 heterocycles. The zero-order chi connectivity index (χ0) is 15.5. The van der Waals surface area contributed by atoms with Gasteiger partial charge in [-0.3, -0.25) is 0 Å². The minimum atomic E-state index is 0.0949. The van der Waals surface area contributed by atoms with Crippen LogP contribution in [0.3, 0.4) is 0 Å². The number of hydrogen-bond donors (Lipinski definition) is 1. The average molecular weight is 286 g/mol.